The fraction of sp³-hybridized carbons (Fsp3) is 0.588. The molecule has 1 aromatic carbocycles. The van der Waals surface area contributed by atoms with Crippen LogP contribution in [0.4, 0.5) is 13.2 Å². The van der Waals surface area contributed by atoms with E-state index in [0.29, 0.717) is 12.8 Å². The summed E-state index contributed by atoms with van der Waals surface area (Å²) in [6.45, 7) is 0. The number of aliphatic hydroxyl groups is 1. The molecule has 26 heavy (non-hydrogen) atoms. The number of alkyl halides is 3. The number of phenols is 2. The van der Waals surface area contributed by atoms with Gasteiger partial charge in [-0.2, -0.15) is 13.2 Å². The SMILES string of the molecule is O=C(Oc1cc2c(c(O)c1O)CCC(NC1CCCC1)C2O)C(F)(F)F. The molecule has 0 aromatic heterocycles. The second-order valence-electron chi connectivity index (χ2n) is 6.77. The summed E-state index contributed by atoms with van der Waals surface area (Å²) in [6.07, 6.45) is -1.34. The van der Waals surface area contributed by atoms with E-state index in [0.717, 1.165) is 31.7 Å². The van der Waals surface area contributed by atoms with Crippen LogP contribution in [0.3, 0.4) is 0 Å². The summed E-state index contributed by atoms with van der Waals surface area (Å²) >= 11 is 0. The Hall–Kier alpha value is -2.00. The molecular weight excluding hydrogens is 355 g/mol. The van der Waals surface area contributed by atoms with Crippen LogP contribution >= 0.6 is 0 Å². The highest BCUT2D eigenvalue weighted by Gasteiger charge is 2.42. The molecule has 1 saturated carbocycles. The maximum absolute atomic E-state index is 12.4. The first-order chi connectivity index (χ1) is 12.2. The largest absolute Gasteiger partial charge is 0.504 e. The van der Waals surface area contributed by atoms with Crippen molar-refractivity contribution in [2.45, 2.75) is 62.9 Å². The smallest absolute Gasteiger partial charge is 0.491 e. The summed E-state index contributed by atoms with van der Waals surface area (Å²) in [7, 11) is 0. The second-order valence-corrected chi connectivity index (χ2v) is 6.77. The zero-order valence-corrected chi connectivity index (χ0v) is 13.8. The third kappa shape index (κ3) is 3.59. The number of halogens is 3. The molecule has 0 saturated heterocycles. The van der Waals surface area contributed by atoms with Gasteiger partial charge in [-0.15, -0.1) is 0 Å². The molecule has 0 radical (unpaired) electrons. The molecule has 0 spiro atoms. The summed E-state index contributed by atoms with van der Waals surface area (Å²) in [4.78, 5) is 11.0. The molecule has 1 aromatic rings. The van der Waals surface area contributed by atoms with Crippen LogP contribution in [0, 0.1) is 0 Å². The summed E-state index contributed by atoms with van der Waals surface area (Å²) in [6, 6.07) is 0.923. The summed E-state index contributed by atoms with van der Waals surface area (Å²) in [5.41, 5.74) is 0.387. The number of fused-ring (bicyclic) bond motifs is 1. The van der Waals surface area contributed by atoms with Crippen LogP contribution in [-0.4, -0.2) is 39.5 Å². The predicted octanol–water partition coefficient (Wildman–Crippen LogP) is 2.45. The average molecular weight is 375 g/mol. The lowest BCUT2D eigenvalue weighted by Crippen LogP contribution is -2.43. The second kappa shape index (κ2) is 6.96. The summed E-state index contributed by atoms with van der Waals surface area (Å²) in [5.74, 6) is -4.97. The predicted molar refractivity (Wildman–Crippen MR) is 83.9 cm³/mol. The van der Waals surface area contributed by atoms with Gasteiger partial charge in [0.1, 0.15) is 0 Å². The number of benzene rings is 1. The van der Waals surface area contributed by atoms with Crippen molar-refractivity contribution in [2.24, 2.45) is 0 Å². The van der Waals surface area contributed by atoms with Gasteiger partial charge in [-0.3, -0.25) is 0 Å². The molecule has 2 unspecified atom stereocenters. The Labute approximate surface area is 147 Å². The third-order valence-electron chi connectivity index (χ3n) is 5.02. The maximum atomic E-state index is 12.4. The number of esters is 1. The van der Waals surface area contributed by atoms with Crippen molar-refractivity contribution in [3.63, 3.8) is 0 Å². The van der Waals surface area contributed by atoms with Crippen molar-refractivity contribution in [3.8, 4) is 17.2 Å². The first-order valence-electron chi connectivity index (χ1n) is 8.49. The Bertz CT molecular complexity index is 701. The lowest BCUT2D eigenvalue weighted by molar-refractivity contribution is -0.189. The molecule has 2 aliphatic carbocycles. The van der Waals surface area contributed by atoms with Crippen molar-refractivity contribution < 1.29 is 38.0 Å². The molecular formula is C17H20F3NO5. The molecule has 2 atom stereocenters. The number of rotatable bonds is 3. The lowest BCUT2D eigenvalue weighted by atomic mass is 9.84. The molecule has 0 amide bonds. The number of carbonyl (C=O) groups is 1. The molecule has 2 aliphatic rings. The lowest BCUT2D eigenvalue weighted by Gasteiger charge is -2.33. The van der Waals surface area contributed by atoms with Gasteiger partial charge in [-0.05, 0) is 37.3 Å². The Balaban J connectivity index is 1.86. The highest BCUT2D eigenvalue weighted by atomic mass is 19.4. The number of aromatic hydroxyl groups is 2. The van der Waals surface area contributed by atoms with Gasteiger partial charge in [0.15, 0.2) is 11.5 Å². The zero-order chi connectivity index (χ0) is 19.1. The van der Waals surface area contributed by atoms with Crippen LogP contribution < -0.4 is 10.1 Å². The number of ether oxygens (including phenoxy) is 1. The Kier molecular flexibility index (Phi) is 5.03. The van der Waals surface area contributed by atoms with E-state index in [9.17, 15) is 33.3 Å². The molecule has 1 fully saturated rings. The molecule has 0 aliphatic heterocycles. The first kappa shape index (κ1) is 18.8. The number of hydrogen-bond donors (Lipinski definition) is 4. The monoisotopic (exact) mass is 375 g/mol. The highest BCUT2D eigenvalue weighted by Crippen LogP contribution is 2.46. The Morgan fingerprint density at radius 1 is 1.15 bits per heavy atom. The molecule has 0 heterocycles. The molecule has 144 valence electrons. The van der Waals surface area contributed by atoms with Crippen LogP contribution in [0.2, 0.25) is 0 Å². The minimum absolute atomic E-state index is 0.145. The highest BCUT2D eigenvalue weighted by molar-refractivity contribution is 5.79. The van der Waals surface area contributed by atoms with Gasteiger partial charge in [-0.25, -0.2) is 4.79 Å². The van der Waals surface area contributed by atoms with Crippen LogP contribution in [0.25, 0.3) is 0 Å². The van der Waals surface area contributed by atoms with E-state index in [1.165, 1.54) is 0 Å². The molecule has 0 bridgehead atoms. The van der Waals surface area contributed by atoms with Gasteiger partial charge < -0.3 is 25.4 Å². The molecule has 4 N–H and O–H groups in total. The van der Waals surface area contributed by atoms with E-state index in [2.05, 4.69) is 10.1 Å². The number of carbonyl (C=O) groups excluding carboxylic acids is 1. The van der Waals surface area contributed by atoms with Crippen LogP contribution in [0.5, 0.6) is 17.2 Å². The van der Waals surface area contributed by atoms with E-state index < -0.39 is 35.5 Å². The van der Waals surface area contributed by atoms with Gasteiger partial charge in [-0.1, -0.05) is 12.8 Å². The van der Waals surface area contributed by atoms with Crippen molar-refractivity contribution in [1.82, 2.24) is 5.32 Å². The summed E-state index contributed by atoms with van der Waals surface area (Å²) < 4.78 is 41.4. The minimum atomic E-state index is -5.25. The van der Waals surface area contributed by atoms with Crippen molar-refractivity contribution in [3.05, 3.63) is 17.2 Å². The van der Waals surface area contributed by atoms with Gasteiger partial charge in [0, 0.05) is 17.6 Å². The quantitative estimate of drug-likeness (QED) is 0.368. The standard InChI is InChI=1S/C17H20F3NO5/c18-17(19,20)16(25)26-12-7-10-9(14(23)15(12)24)5-6-11(13(10)22)21-8-3-1-2-4-8/h7-8,11,13,21-24H,1-6H2. The van der Waals surface area contributed by atoms with Crippen LogP contribution in [0.1, 0.15) is 49.3 Å². The number of aliphatic hydroxyl groups excluding tert-OH is 1. The third-order valence-corrected chi connectivity index (χ3v) is 5.02. The van der Waals surface area contributed by atoms with Crippen LogP contribution in [0.15, 0.2) is 6.07 Å². The van der Waals surface area contributed by atoms with Gasteiger partial charge in [0.25, 0.3) is 0 Å². The van der Waals surface area contributed by atoms with Crippen LogP contribution in [-0.2, 0) is 11.2 Å². The summed E-state index contributed by atoms with van der Waals surface area (Å²) in [5, 5.41) is 33.9. The Morgan fingerprint density at radius 2 is 1.81 bits per heavy atom. The Morgan fingerprint density at radius 3 is 2.42 bits per heavy atom. The van der Waals surface area contributed by atoms with E-state index in [1.54, 1.807) is 0 Å². The topological polar surface area (TPSA) is 99.0 Å². The average Bonchev–Trinajstić information content (AvgIpc) is 3.07. The number of hydrogen-bond acceptors (Lipinski definition) is 6. The number of nitrogens with one attached hydrogen (secondary N) is 1. The van der Waals surface area contributed by atoms with Crippen molar-refractivity contribution >= 4 is 5.97 Å². The van der Waals surface area contributed by atoms with E-state index in [1.807, 2.05) is 0 Å². The maximum Gasteiger partial charge on any atom is 0.491 e. The van der Waals surface area contributed by atoms with E-state index in [-0.39, 0.29) is 23.2 Å². The first-order valence-corrected chi connectivity index (χ1v) is 8.49. The zero-order valence-electron chi connectivity index (χ0n) is 13.8. The van der Waals surface area contributed by atoms with E-state index >= 15 is 0 Å². The normalized spacial score (nSPS) is 23.7. The fourth-order valence-electron chi connectivity index (χ4n) is 3.70. The molecule has 3 rings (SSSR count). The van der Waals surface area contributed by atoms with Gasteiger partial charge in [0.2, 0.25) is 5.75 Å². The molecule has 6 nitrogen and oxygen atoms in total. The minimum Gasteiger partial charge on any atom is -0.504 e. The van der Waals surface area contributed by atoms with Gasteiger partial charge in [0.05, 0.1) is 6.10 Å². The fourth-order valence-corrected chi connectivity index (χ4v) is 3.70. The molecule has 9 heteroatoms. The van der Waals surface area contributed by atoms with E-state index in [4.69, 9.17) is 0 Å². The van der Waals surface area contributed by atoms with Crippen molar-refractivity contribution in [1.29, 1.82) is 0 Å². The van der Waals surface area contributed by atoms with Crippen molar-refractivity contribution in [2.75, 3.05) is 0 Å². The number of phenolic OH excluding ortho intramolecular Hbond substituents is 2. The van der Waals surface area contributed by atoms with Gasteiger partial charge >= 0.3 is 12.1 Å².